The summed E-state index contributed by atoms with van der Waals surface area (Å²) in [4.78, 5) is 25.8. The molecule has 1 amide bonds. The minimum absolute atomic E-state index is 0.0828. The van der Waals surface area contributed by atoms with Gasteiger partial charge in [0.25, 0.3) is 5.91 Å². The lowest BCUT2D eigenvalue weighted by Crippen LogP contribution is -2.38. The highest BCUT2D eigenvalue weighted by Gasteiger charge is 2.20. The number of hydrogen-bond acceptors (Lipinski definition) is 5. The zero-order valence-corrected chi connectivity index (χ0v) is 15.1. The smallest absolute Gasteiger partial charge is 0.335 e. The molecule has 0 unspecified atom stereocenters. The highest BCUT2D eigenvalue weighted by Crippen LogP contribution is 2.28. The van der Waals surface area contributed by atoms with Crippen molar-refractivity contribution in [2.24, 2.45) is 0 Å². The van der Waals surface area contributed by atoms with Gasteiger partial charge in [-0.1, -0.05) is 18.2 Å². The van der Waals surface area contributed by atoms with Crippen LogP contribution in [-0.4, -0.2) is 56.5 Å². The Morgan fingerprint density at radius 2 is 1.93 bits per heavy atom. The molecule has 3 rings (SSSR count). The fourth-order valence-corrected chi connectivity index (χ4v) is 2.93. The van der Waals surface area contributed by atoms with Gasteiger partial charge in [0.15, 0.2) is 0 Å². The third kappa shape index (κ3) is 4.84. The summed E-state index contributed by atoms with van der Waals surface area (Å²) in [5, 5.41) is 12.1. The quantitative estimate of drug-likeness (QED) is 0.812. The van der Waals surface area contributed by atoms with Gasteiger partial charge in [0.1, 0.15) is 0 Å². The van der Waals surface area contributed by atoms with E-state index in [1.165, 1.54) is 12.1 Å². The number of carboxylic acids is 1. The second kappa shape index (κ2) is 8.66. The maximum Gasteiger partial charge on any atom is 0.335 e. The van der Waals surface area contributed by atoms with Crippen molar-refractivity contribution in [2.75, 3.05) is 43.6 Å². The van der Waals surface area contributed by atoms with Crippen LogP contribution in [0.1, 0.15) is 20.7 Å². The predicted octanol–water partition coefficient (Wildman–Crippen LogP) is 2.49. The van der Waals surface area contributed by atoms with E-state index in [4.69, 9.17) is 9.47 Å². The highest BCUT2D eigenvalue weighted by molar-refractivity contribution is 6.06. The molecular formula is C20H22N2O5. The molecule has 0 spiro atoms. The Bertz CT molecular complexity index is 803. The predicted molar refractivity (Wildman–Crippen MR) is 102 cm³/mol. The molecule has 0 aromatic heterocycles. The van der Waals surface area contributed by atoms with E-state index in [-0.39, 0.29) is 17.6 Å². The average Bonchev–Trinajstić information content (AvgIpc) is 2.69. The molecule has 0 aliphatic carbocycles. The summed E-state index contributed by atoms with van der Waals surface area (Å²) in [7, 11) is 1.87. The SMILES string of the molecule is CN(C[C@@H]1COCCO1)c1ccc(C(=O)O)cc1NC(=O)c1ccccc1. The molecule has 1 fully saturated rings. The first kappa shape index (κ1) is 18.9. The summed E-state index contributed by atoms with van der Waals surface area (Å²) >= 11 is 0. The standard InChI is InChI=1S/C20H22N2O5/c1-22(12-16-13-26-9-10-27-16)18-8-7-15(20(24)25)11-17(18)21-19(23)14-5-3-2-4-6-14/h2-8,11,16H,9-10,12-13H2,1H3,(H,21,23)(H,24,25)/t16-/m1/s1. The topological polar surface area (TPSA) is 88.1 Å². The molecule has 2 aromatic carbocycles. The number of aromatic carboxylic acids is 1. The van der Waals surface area contributed by atoms with E-state index >= 15 is 0 Å². The van der Waals surface area contributed by atoms with Crippen molar-refractivity contribution in [1.82, 2.24) is 0 Å². The lowest BCUT2D eigenvalue weighted by Gasteiger charge is -2.30. The molecule has 0 radical (unpaired) electrons. The van der Waals surface area contributed by atoms with E-state index < -0.39 is 5.97 Å². The monoisotopic (exact) mass is 370 g/mol. The van der Waals surface area contributed by atoms with Crippen molar-refractivity contribution in [1.29, 1.82) is 0 Å². The molecule has 1 atom stereocenters. The van der Waals surface area contributed by atoms with Crippen LogP contribution in [-0.2, 0) is 9.47 Å². The highest BCUT2D eigenvalue weighted by atomic mass is 16.6. The molecule has 2 aromatic rings. The summed E-state index contributed by atoms with van der Waals surface area (Å²) in [5.74, 6) is -1.35. The summed E-state index contributed by atoms with van der Waals surface area (Å²) in [6, 6.07) is 13.4. The fraction of sp³-hybridized carbons (Fsp3) is 0.300. The first-order chi connectivity index (χ1) is 13.0. The molecule has 0 bridgehead atoms. The Hall–Kier alpha value is -2.90. The van der Waals surface area contributed by atoms with Crippen molar-refractivity contribution in [3.8, 4) is 0 Å². The van der Waals surface area contributed by atoms with Crippen LogP contribution < -0.4 is 10.2 Å². The van der Waals surface area contributed by atoms with Crippen LogP contribution in [0.25, 0.3) is 0 Å². The number of hydrogen-bond donors (Lipinski definition) is 2. The molecule has 2 N–H and O–H groups in total. The fourth-order valence-electron chi connectivity index (χ4n) is 2.93. The van der Waals surface area contributed by atoms with Gasteiger partial charge >= 0.3 is 5.97 Å². The van der Waals surface area contributed by atoms with Crippen molar-refractivity contribution in [2.45, 2.75) is 6.10 Å². The number of amides is 1. The Kier molecular flexibility index (Phi) is 6.05. The third-order valence-electron chi connectivity index (χ3n) is 4.30. The number of carbonyl (C=O) groups excluding carboxylic acids is 1. The number of carbonyl (C=O) groups is 2. The van der Waals surface area contributed by atoms with Crippen LogP contribution in [0.3, 0.4) is 0 Å². The normalized spacial score (nSPS) is 16.6. The van der Waals surface area contributed by atoms with E-state index in [1.807, 2.05) is 18.0 Å². The van der Waals surface area contributed by atoms with Crippen LogP contribution >= 0.6 is 0 Å². The summed E-state index contributed by atoms with van der Waals surface area (Å²) in [5.41, 5.74) is 1.74. The Morgan fingerprint density at radius 3 is 2.59 bits per heavy atom. The third-order valence-corrected chi connectivity index (χ3v) is 4.30. The molecule has 7 nitrogen and oxygen atoms in total. The number of anilines is 2. The number of likely N-dealkylation sites (N-methyl/N-ethyl adjacent to an activating group) is 1. The number of carboxylic acid groups (broad SMARTS) is 1. The number of rotatable bonds is 6. The second-order valence-electron chi connectivity index (χ2n) is 6.31. The van der Waals surface area contributed by atoms with E-state index in [0.29, 0.717) is 43.3 Å². The van der Waals surface area contributed by atoms with Gasteiger partial charge in [0, 0.05) is 19.2 Å². The zero-order valence-electron chi connectivity index (χ0n) is 15.1. The molecule has 27 heavy (non-hydrogen) atoms. The molecule has 1 aliphatic heterocycles. The number of nitrogens with zero attached hydrogens (tertiary/aromatic N) is 1. The van der Waals surface area contributed by atoms with Crippen LogP contribution in [0.2, 0.25) is 0 Å². The number of benzene rings is 2. The summed E-state index contributed by atoms with van der Waals surface area (Å²) in [6.07, 6.45) is -0.0828. The Morgan fingerprint density at radius 1 is 1.15 bits per heavy atom. The first-order valence-electron chi connectivity index (χ1n) is 8.69. The van der Waals surface area contributed by atoms with Crippen molar-refractivity contribution >= 4 is 23.3 Å². The van der Waals surface area contributed by atoms with Gasteiger partial charge in [-0.2, -0.15) is 0 Å². The molecule has 1 saturated heterocycles. The van der Waals surface area contributed by atoms with E-state index in [0.717, 1.165) is 0 Å². The zero-order chi connectivity index (χ0) is 19.2. The molecule has 7 heteroatoms. The molecule has 0 saturated carbocycles. The number of nitrogens with one attached hydrogen (secondary N) is 1. The van der Waals surface area contributed by atoms with Gasteiger partial charge in [-0.15, -0.1) is 0 Å². The van der Waals surface area contributed by atoms with Crippen LogP contribution in [0, 0.1) is 0 Å². The average molecular weight is 370 g/mol. The van der Waals surface area contributed by atoms with Gasteiger partial charge in [0.2, 0.25) is 0 Å². The first-order valence-corrected chi connectivity index (χ1v) is 8.69. The Balaban J connectivity index is 1.83. The largest absolute Gasteiger partial charge is 0.478 e. The van der Waals surface area contributed by atoms with Gasteiger partial charge in [-0.3, -0.25) is 4.79 Å². The molecular weight excluding hydrogens is 348 g/mol. The maximum absolute atomic E-state index is 12.5. The summed E-state index contributed by atoms with van der Waals surface area (Å²) in [6.45, 7) is 2.20. The maximum atomic E-state index is 12.5. The second-order valence-corrected chi connectivity index (χ2v) is 6.31. The molecule has 142 valence electrons. The van der Waals surface area contributed by atoms with Gasteiger partial charge < -0.3 is 24.8 Å². The number of ether oxygens (including phenoxy) is 2. The van der Waals surface area contributed by atoms with Crippen molar-refractivity contribution in [3.05, 3.63) is 59.7 Å². The van der Waals surface area contributed by atoms with Crippen LogP contribution in [0.5, 0.6) is 0 Å². The van der Waals surface area contributed by atoms with Crippen molar-refractivity contribution < 1.29 is 24.2 Å². The van der Waals surface area contributed by atoms with E-state index in [9.17, 15) is 14.7 Å². The van der Waals surface area contributed by atoms with Gasteiger partial charge in [-0.25, -0.2) is 4.79 Å². The minimum Gasteiger partial charge on any atom is -0.478 e. The van der Waals surface area contributed by atoms with Crippen LogP contribution in [0.15, 0.2) is 48.5 Å². The summed E-state index contributed by atoms with van der Waals surface area (Å²) < 4.78 is 11.1. The lowest BCUT2D eigenvalue weighted by atomic mass is 10.1. The molecule has 1 aliphatic rings. The van der Waals surface area contributed by atoms with Crippen molar-refractivity contribution in [3.63, 3.8) is 0 Å². The van der Waals surface area contributed by atoms with E-state index in [1.54, 1.807) is 30.3 Å². The lowest BCUT2D eigenvalue weighted by molar-refractivity contribution is -0.0837. The Labute approximate surface area is 157 Å². The van der Waals surface area contributed by atoms with Gasteiger partial charge in [0.05, 0.1) is 42.9 Å². The van der Waals surface area contributed by atoms with Gasteiger partial charge in [-0.05, 0) is 30.3 Å². The molecule has 1 heterocycles. The minimum atomic E-state index is -1.05. The van der Waals surface area contributed by atoms with Crippen LogP contribution in [0.4, 0.5) is 11.4 Å². The van der Waals surface area contributed by atoms with E-state index in [2.05, 4.69) is 5.32 Å².